The summed E-state index contributed by atoms with van der Waals surface area (Å²) in [5.74, 6) is 0. The molecule has 7 nitrogen and oxygen atoms in total. The average molecular weight is 364 g/mol. The zero-order chi connectivity index (χ0) is 17.8. The molecule has 0 aromatic heterocycles. The first kappa shape index (κ1) is 18.2. The molecule has 0 aliphatic carbocycles. The number of hydrogen-bond donors (Lipinski definition) is 5. The van der Waals surface area contributed by atoms with E-state index in [9.17, 15) is 20.6 Å². The van der Waals surface area contributed by atoms with Crippen LogP contribution in [0.3, 0.4) is 0 Å². The van der Waals surface area contributed by atoms with E-state index in [-0.39, 0.29) is 18.7 Å². The first-order chi connectivity index (χ1) is 12.0. The second-order valence-corrected chi connectivity index (χ2v) is 6.95. The molecule has 3 rings (SSSR count). The van der Waals surface area contributed by atoms with Crippen LogP contribution < -0.4 is 10.5 Å². The zero-order valence-electron chi connectivity index (χ0n) is 13.3. The van der Waals surface area contributed by atoms with Crippen LogP contribution in [-0.4, -0.2) is 40.5 Å². The highest BCUT2D eigenvalue weighted by molar-refractivity contribution is 7.99. The molecule has 1 aliphatic heterocycles. The number of ether oxygens (including phenoxy) is 1. The molecule has 25 heavy (non-hydrogen) atoms. The van der Waals surface area contributed by atoms with Gasteiger partial charge in [-0.1, -0.05) is 30.0 Å². The van der Waals surface area contributed by atoms with E-state index in [1.165, 1.54) is 17.8 Å². The molecule has 2 aromatic rings. The number of anilines is 1. The summed E-state index contributed by atoms with van der Waals surface area (Å²) in [5, 5.41) is 42.1. The van der Waals surface area contributed by atoms with Crippen molar-refractivity contribution in [3.8, 4) is 0 Å². The molecule has 0 bridgehead atoms. The van der Waals surface area contributed by atoms with Gasteiger partial charge in [0, 0.05) is 34.0 Å². The van der Waals surface area contributed by atoms with E-state index in [0.29, 0.717) is 5.69 Å². The molecule has 1 aliphatic rings. The predicted octanol–water partition coefficient (Wildman–Crippen LogP) is 1.12. The summed E-state index contributed by atoms with van der Waals surface area (Å²) >= 11 is 1.46. The van der Waals surface area contributed by atoms with E-state index in [4.69, 9.17) is 4.74 Å². The topological polar surface area (TPSA) is 109 Å². The Kier molecular flexibility index (Phi) is 5.92. The minimum absolute atomic E-state index is 0.0308. The Labute approximate surface area is 149 Å². The summed E-state index contributed by atoms with van der Waals surface area (Å²) in [5.41, 5.74) is 0.756. The molecule has 5 N–H and O–H groups in total. The van der Waals surface area contributed by atoms with Crippen molar-refractivity contribution >= 4 is 23.1 Å². The van der Waals surface area contributed by atoms with Gasteiger partial charge in [0.2, 0.25) is 0 Å². The Bertz CT molecular complexity index is 701. The van der Waals surface area contributed by atoms with Gasteiger partial charge in [0.25, 0.3) is 0 Å². The minimum atomic E-state index is -1.02. The zero-order valence-corrected chi connectivity index (χ0v) is 14.1. The molecular weight excluding hydrogens is 344 g/mol. The predicted molar refractivity (Wildman–Crippen MR) is 92.8 cm³/mol. The highest BCUT2D eigenvalue weighted by atomic mass is 32.2. The third kappa shape index (κ3) is 4.93. The molecule has 4 atom stereocenters. The van der Waals surface area contributed by atoms with Crippen molar-refractivity contribution in [1.29, 1.82) is 0 Å². The molecule has 1 heterocycles. The smallest absolute Gasteiger partial charge is 0.166 e. The number of rotatable bonds is 5. The molecule has 1 saturated heterocycles. The first-order valence-electron chi connectivity index (χ1n) is 7.87. The van der Waals surface area contributed by atoms with Crippen LogP contribution in [0.1, 0.15) is 6.42 Å². The largest absolute Gasteiger partial charge is 0.595 e. The molecule has 134 valence electrons. The molecule has 1 fully saturated rings. The quantitative estimate of drug-likeness (QED) is 0.506. The van der Waals surface area contributed by atoms with Crippen LogP contribution in [0.5, 0.6) is 0 Å². The summed E-state index contributed by atoms with van der Waals surface area (Å²) in [6.45, 7) is 0.0308. The van der Waals surface area contributed by atoms with Crippen LogP contribution in [-0.2, 0) is 4.74 Å². The van der Waals surface area contributed by atoms with Gasteiger partial charge in [0.15, 0.2) is 5.69 Å². The number of hydrogen-bond acceptors (Lipinski definition) is 7. The summed E-state index contributed by atoms with van der Waals surface area (Å²) in [4.78, 5) is 1.79. The van der Waals surface area contributed by atoms with Crippen LogP contribution in [0.2, 0.25) is 0 Å². The van der Waals surface area contributed by atoms with Gasteiger partial charge < -0.3 is 25.5 Å². The van der Waals surface area contributed by atoms with Crippen LogP contribution in [0, 0.1) is 5.21 Å². The van der Waals surface area contributed by atoms with Crippen molar-refractivity contribution in [2.24, 2.45) is 0 Å². The summed E-state index contributed by atoms with van der Waals surface area (Å²) in [7, 11) is 0. The summed E-state index contributed by atoms with van der Waals surface area (Å²) in [6, 6.07) is 14.6. The number of aliphatic hydroxyl groups excluding tert-OH is 2. The first-order valence-corrected chi connectivity index (χ1v) is 8.68. The highest BCUT2D eigenvalue weighted by Crippen LogP contribution is 2.32. The van der Waals surface area contributed by atoms with E-state index < -0.39 is 23.7 Å². The SMILES string of the molecule is [O-][NH+](O)c1cc(N[C@@H]2C[C@H](O)[C@H](O)CO2)cc(Sc2ccccc2)c1. The molecule has 2 aromatic carbocycles. The maximum Gasteiger partial charge on any atom is 0.166 e. The second-order valence-electron chi connectivity index (χ2n) is 5.80. The lowest BCUT2D eigenvalue weighted by Gasteiger charge is -2.31. The molecule has 0 spiro atoms. The summed E-state index contributed by atoms with van der Waals surface area (Å²) in [6.07, 6.45) is -2.03. The van der Waals surface area contributed by atoms with Crippen molar-refractivity contribution in [3.63, 3.8) is 0 Å². The van der Waals surface area contributed by atoms with E-state index in [0.717, 1.165) is 9.79 Å². The van der Waals surface area contributed by atoms with Crippen molar-refractivity contribution in [2.45, 2.75) is 34.6 Å². The number of aliphatic hydroxyl groups is 2. The minimum Gasteiger partial charge on any atom is -0.595 e. The number of nitrogens with one attached hydrogen (secondary N) is 2. The van der Waals surface area contributed by atoms with Gasteiger partial charge in [0.05, 0.1) is 12.7 Å². The van der Waals surface area contributed by atoms with Crippen LogP contribution >= 0.6 is 11.8 Å². The standard InChI is InChI=1S/C17H20N2O5S/c20-15-9-17(24-10-16(15)21)18-11-6-12(19(22)23)8-14(7-11)25-13-4-2-1-3-5-13/h1-8,15-22H,9-10H2/t15-,16+,17-/m0/s1. The second kappa shape index (κ2) is 8.15. The van der Waals surface area contributed by atoms with Crippen molar-refractivity contribution in [1.82, 2.24) is 0 Å². The lowest BCUT2D eigenvalue weighted by atomic mass is 10.1. The Morgan fingerprint density at radius 1 is 1.08 bits per heavy atom. The van der Waals surface area contributed by atoms with Gasteiger partial charge in [-0.15, -0.1) is 0 Å². The number of benzene rings is 2. The van der Waals surface area contributed by atoms with E-state index in [2.05, 4.69) is 5.32 Å². The molecule has 0 saturated carbocycles. The molecule has 1 unspecified atom stereocenters. The molecule has 0 amide bonds. The average Bonchev–Trinajstić information content (AvgIpc) is 2.59. The van der Waals surface area contributed by atoms with E-state index >= 15 is 0 Å². The number of quaternary nitrogens is 1. The molecule has 8 heteroatoms. The monoisotopic (exact) mass is 364 g/mol. The van der Waals surface area contributed by atoms with Crippen LogP contribution in [0.4, 0.5) is 11.4 Å². The lowest BCUT2D eigenvalue weighted by Crippen LogP contribution is -2.99. The Balaban J connectivity index is 1.78. The van der Waals surface area contributed by atoms with Crippen molar-refractivity contribution in [3.05, 3.63) is 53.7 Å². The Morgan fingerprint density at radius 3 is 2.52 bits per heavy atom. The van der Waals surface area contributed by atoms with Crippen LogP contribution in [0.25, 0.3) is 0 Å². The fourth-order valence-electron chi connectivity index (χ4n) is 2.55. The fourth-order valence-corrected chi connectivity index (χ4v) is 3.48. The molecular formula is C17H20N2O5S. The van der Waals surface area contributed by atoms with Gasteiger partial charge in [0.1, 0.15) is 12.3 Å². The van der Waals surface area contributed by atoms with Gasteiger partial charge in [-0.05, 0) is 18.2 Å². The van der Waals surface area contributed by atoms with Gasteiger partial charge in [-0.3, -0.25) is 0 Å². The lowest BCUT2D eigenvalue weighted by molar-refractivity contribution is -0.991. The van der Waals surface area contributed by atoms with Gasteiger partial charge in [-0.25, -0.2) is 5.21 Å². The Hall–Kier alpha value is -1.65. The maximum absolute atomic E-state index is 11.4. The van der Waals surface area contributed by atoms with Crippen molar-refractivity contribution in [2.75, 3.05) is 11.9 Å². The van der Waals surface area contributed by atoms with Gasteiger partial charge in [-0.2, -0.15) is 5.23 Å². The summed E-state index contributed by atoms with van der Waals surface area (Å²) < 4.78 is 5.45. The molecule has 0 radical (unpaired) electrons. The van der Waals surface area contributed by atoms with Gasteiger partial charge >= 0.3 is 0 Å². The highest BCUT2D eigenvalue weighted by Gasteiger charge is 2.28. The van der Waals surface area contributed by atoms with Crippen molar-refractivity contribution < 1.29 is 25.4 Å². The third-order valence-electron chi connectivity index (χ3n) is 3.83. The van der Waals surface area contributed by atoms with E-state index in [1.807, 2.05) is 36.4 Å². The maximum atomic E-state index is 11.4. The Morgan fingerprint density at radius 2 is 1.84 bits per heavy atom. The van der Waals surface area contributed by atoms with E-state index in [1.54, 1.807) is 6.07 Å². The van der Waals surface area contributed by atoms with Crippen LogP contribution in [0.15, 0.2) is 58.3 Å². The third-order valence-corrected chi connectivity index (χ3v) is 4.81. The normalized spacial score (nSPS) is 24.7. The fraction of sp³-hybridized carbons (Fsp3) is 0.294.